The first-order valence-electron chi connectivity index (χ1n) is 11.8. The summed E-state index contributed by atoms with van der Waals surface area (Å²) in [5, 5.41) is 15.2. The lowest BCUT2D eigenvalue weighted by molar-refractivity contribution is -0.0429. The van der Waals surface area contributed by atoms with E-state index in [0.717, 1.165) is 42.6 Å². The predicted molar refractivity (Wildman–Crippen MR) is 134 cm³/mol. The van der Waals surface area contributed by atoms with Crippen molar-refractivity contribution in [3.05, 3.63) is 22.7 Å². The number of rotatable bonds is 11. The topological polar surface area (TPSA) is 126 Å². The average Bonchev–Trinajstić information content (AvgIpc) is 3.30. The van der Waals surface area contributed by atoms with Gasteiger partial charge in [0.05, 0.1) is 12.3 Å². The highest BCUT2D eigenvalue weighted by Crippen LogP contribution is 2.39. The van der Waals surface area contributed by atoms with Crippen LogP contribution in [0.1, 0.15) is 61.8 Å². The highest BCUT2D eigenvalue weighted by molar-refractivity contribution is 7.93. The normalized spacial score (nSPS) is 14.3. The van der Waals surface area contributed by atoms with Crippen LogP contribution in [0.5, 0.6) is 0 Å². The molecule has 1 aliphatic rings. The molecule has 3 rings (SSSR count). The molecule has 0 spiro atoms. The molecule has 204 valence electrons. The van der Waals surface area contributed by atoms with E-state index in [1.54, 1.807) is 4.72 Å². The van der Waals surface area contributed by atoms with Gasteiger partial charge in [0.25, 0.3) is 5.13 Å². The first-order chi connectivity index (χ1) is 17.4. The van der Waals surface area contributed by atoms with Gasteiger partial charge in [0.1, 0.15) is 5.69 Å². The highest BCUT2D eigenvalue weighted by atomic mass is 32.2. The van der Waals surface area contributed by atoms with Crippen molar-refractivity contribution in [3.8, 4) is 0 Å². The van der Waals surface area contributed by atoms with E-state index >= 15 is 0 Å². The third kappa shape index (κ3) is 7.60. The van der Waals surface area contributed by atoms with Gasteiger partial charge in [-0.1, -0.05) is 44.9 Å². The zero-order valence-electron chi connectivity index (χ0n) is 20.7. The number of carbonyl (C=O) groups is 1. The second-order valence-corrected chi connectivity index (χ2v) is 11.6. The second-order valence-electron chi connectivity index (χ2n) is 8.93. The van der Waals surface area contributed by atoms with Gasteiger partial charge in [-0.15, -0.1) is 20.4 Å². The fourth-order valence-electron chi connectivity index (χ4n) is 3.59. The van der Waals surface area contributed by atoms with Crippen LogP contribution in [-0.2, 0) is 21.2 Å². The molecule has 1 N–H and O–H groups in total. The molecule has 15 heteroatoms. The molecule has 1 aliphatic heterocycles. The Labute approximate surface area is 217 Å². The third-order valence-electron chi connectivity index (χ3n) is 5.37. The Morgan fingerprint density at radius 3 is 2.68 bits per heavy atom. The van der Waals surface area contributed by atoms with E-state index < -0.39 is 21.5 Å². The van der Waals surface area contributed by atoms with Gasteiger partial charge < -0.3 is 9.64 Å². The third-order valence-corrected chi connectivity index (χ3v) is 7.26. The van der Waals surface area contributed by atoms with Gasteiger partial charge in [-0.25, -0.2) is 4.79 Å². The number of halogens is 3. The fourth-order valence-corrected chi connectivity index (χ4v) is 4.72. The Balaban J connectivity index is 1.93. The van der Waals surface area contributed by atoms with Crippen molar-refractivity contribution in [1.82, 2.24) is 10.2 Å². The molecule has 0 atom stereocenters. The number of nitrogens with one attached hydrogen (secondary N) is 1. The minimum Gasteiger partial charge on any atom is -0.460 e. The number of esters is 1. The highest BCUT2D eigenvalue weighted by Gasteiger charge is 2.46. The van der Waals surface area contributed by atoms with Crippen LogP contribution >= 0.6 is 11.3 Å². The van der Waals surface area contributed by atoms with Gasteiger partial charge in [0.2, 0.25) is 5.01 Å². The predicted octanol–water partition coefficient (Wildman–Crippen LogP) is 5.97. The molecule has 0 saturated carbocycles. The van der Waals surface area contributed by atoms with Crippen molar-refractivity contribution < 1.29 is 31.1 Å². The van der Waals surface area contributed by atoms with Crippen LogP contribution in [0.15, 0.2) is 22.4 Å². The number of azo groups is 1. The van der Waals surface area contributed by atoms with Gasteiger partial charge in [-0.3, -0.25) is 4.72 Å². The monoisotopic (exact) mass is 562 g/mol. The molecular weight excluding hydrogens is 533 g/mol. The van der Waals surface area contributed by atoms with Crippen LogP contribution in [0, 0.1) is 5.92 Å². The summed E-state index contributed by atoms with van der Waals surface area (Å²) in [6, 6.07) is 2.89. The molecule has 2 aromatic rings. The first kappa shape index (κ1) is 28.8. The SMILES string of the molecule is CCCCCN1CCCc2cc(N=Nc3nnc(C(=O)OCC(C)C)s3)c(NS(=O)(=O)C(F)(F)F)cc21. The quantitative estimate of drug-likeness (QED) is 0.203. The zero-order valence-corrected chi connectivity index (χ0v) is 22.3. The van der Waals surface area contributed by atoms with Crippen LogP contribution in [0.25, 0.3) is 0 Å². The second kappa shape index (κ2) is 12.2. The van der Waals surface area contributed by atoms with Gasteiger partial charge in [-0.2, -0.15) is 21.6 Å². The molecule has 0 fully saturated rings. The molecule has 0 aliphatic carbocycles. The summed E-state index contributed by atoms with van der Waals surface area (Å²) in [6.45, 7) is 7.43. The van der Waals surface area contributed by atoms with E-state index in [9.17, 15) is 26.4 Å². The van der Waals surface area contributed by atoms with Gasteiger partial charge >= 0.3 is 21.5 Å². The van der Waals surface area contributed by atoms with Crippen molar-refractivity contribution >= 4 is 49.5 Å². The Hall–Kier alpha value is -2.81. The molecule has 1 aromatic carbocycles. The van der Waals surface area contributed by atoms with Crippen molar-refractivity contribution in [1.29, 1.82) is 0 Å². The number of ether oxygens (including phenoxy) is 1. The summed E-state index contributed by atoms with van der Waals surface area (Å²) >= 11 is 0.791. The summed E-state index contributed by atoms with van der Waals surface area (Å²) < 4.78 is 69.9. The Kier molecular flexibility index (Phi) is 9.45. The maximum Gasteiger partial charge on any atom is 0.516 e. The van der Waals surface area contributed by atoms with E-state index in [0.29, 0.717) is 25.2 Å². The van der Waals surface area contributed by atoms with Gasteiger partial charge in [0.15, 0.2) is 0 Å². The van der Waals surface area contributed by atoms with Crippen LogP contribution in [0.3, 0.4) is 0 Å². The van der Waals surface area contributed by atoms with E-state index in [1.165, 1.54) is 12.1 Å². The summed E-state index contributed by atoms with van der Waals surface area (Å²) in [4.78, 5) is 14.1. The standard InChI is InChI=1S/C22H29F3N6O4S2/c1-4-5-6-9-31-10-7-8-15-11-16(17(12-18(15)31)30-37(33,34)22(23,24)25)26-28-21-29-27-19(36-21)20(32)35-13-14(2)3/h11-12,14,30H,4-10,13H2,1-3H3. The van der Waals surface area contributed by atoms with Crippen LogP contribution < -0.4 is 9.62 Å². The van der Waals surface area contributed by atoms with E-state index in [1.807, 2.05) is 18.7 Å². The molecule has 1 aromatic heterocycles. The fraction of sp³-hybridized carbons (Fsp3) is 0.591. The number of anilines is 2. The Morgan fingerprint density at radius 1 is 1.24 bits per heavy atom. The number of sulfonamides is 1. The molecular formula is C22H29F3N6O4S2. The molecule has 0 radical (unpaired) electrons. The summed E-state index contributed by atoms with van der Waals surface area (Å²) in [7, 11) is -5.70. The van der Waals surface area contributed by atoms with Crippen LogP contribution in [0.4, 0.5) is 35.4 Å². The zero-order chi connectivity index (χ0) is 27.2. The van der Waals surface area contributed by atoms with Gasteiger partial charge in [-0.05, 0) is 42.9 Å². The van der Waals surface area contributed by atoms with Gasteiger partial charge in [0, 0.05) is 18.8 Å². The number of nitrogens with zero attached hydrogens (tertiary/aromatic N) is 5. The molecule has 0 amide bonds. The molecule has 0 bridgehead atoms. The minimum absolute atomic E-state index is 0.0416. The summed E-state index contributed by atoms with van der Waals surface area (Å²) in [6.07, 6.45) is 4.40. The Bertz CT molecular complexity index is 1230. The van der Waals surface area contributed by atoms with Crippen molar-refractivity contribution in [2.24, 2.45) is 16.1 Å². The van der Waals surface area contributed by atoms with E-state index in [-0.39, 0.29) is 34.0 Å². The minimum atomic E-state index is -5.70. The first-order valence-corrected chi connectivity index (χ1v) is 14.1. The summed E-state index contributed by atoms with van der Waals surface area (Å²) in [5.41, 5.74) is -4.50. The van der Waals surface area contributed by atoms with Crippen molar-refractivity contribution in [3.63, 3.8) is 0 Å². The molecule has 10 nitrogen and oxygen atoms in total. The number of alkyl halides is 3. The molecule has 37 heavy (non-hydrogen) atoms. The molecule has 0 saturated heterocycles. The number of carbonyl (C=O) groups excluding carboxylic acids is 1. The largest absolute Gasteiger partial charge is 0.516 e. The number of hydrogen-bond acceptors (Lipinski definition) is 10. The number of benzene rings is 1. The average molecular weight is 563 g/mol. The maximum atomic E-state index is 13.1. The van der Waals surface area contributed by atoms with E-state index in [2.05, 4.69) is 27.3 Å². The number of hydrogen-bond donors (Lipinski definition) is 1. The lowest BCUT2D eigenvalue weighted by atomic mass is 9.99. The van der Waals surface area contributed by atoms with Crippen LogP contribution in [-0.4, -0.2) is 49.8 Å². The smallest absolute Gasteiger partial charge is 0.460 e. The maximum absolute atomic E-state index is 13.1. The van der Waals surface area contributed by atoms with E-state index in [4.69, 9.17) is 4.74 Å². The van der Waals surface area contributed by atoms with Crippen molar-refractivity contribution in [2.75, 3.05) is 29.3 Å². The number of aromatic nitrogens is 2. The Morgan fingerprint density at radius 2 is 2.00 bits per heavy atom. The number of aryl methyl sites for hydroxylation is 1. The summed E-state index contributed by atoms with van der Waals surface area (Å²) in [5.74, 6) is -0.551. The van der Waals surface area contributed by atoms with Crippen LogP contribution in [0.2, 0.25) is 0 Å². The molecule has 0 unspecified atom stereocenters. The lowest BCUT2D eigenvalue weighted by Crippen LogP contribution is -2.32. The molecule has 2 heterocycles. The lowest BCUT2D eigenvalue weighted by Gasteiger charge is -2.32. The number of fused-ring (bicyclic) bond motifs is 1. The number of unbranched alkanes of at least 4 members (excludes halogenated alkanes) is 2. The van der Waals surface area contributed by atoms with Crippen molar-refractivity contribution in [2.45, 2.75) is 58.4 Å².